The van der Waals surface area contributed by atoms with Gasteiger partial charge in [-0.2, -0.15) is 0 Å². The maximum atomic E-state index is 3.28. The Morgan fingerprint density at radius 2 is 2.23 bits per heavy atom. The Hall–Kier alpha value is -1.50. The predicted octanol–water partition coefficient (Wildman–Crippen LogP) is 2.96. The van der Waals surface area contributed by atoms with Crippen LogP contribution in [0.15, 0.2) is 36.6 Å². The van der Waals surface area contributed by atoms with Gasteiger partial charge in [-0.3, -0.25) is 0 Å². The number of benzene rings is 1. The van der Waals surface area contributed by atoms with Crippen LogP contribution in [-0.4, -0.2) is 0 Å². The monoisotopic (exact) mass is 169 g/mol. The molecule has 0 unspecified atom stereocenters. The third-order valence-electron chi connectivity index (χ3n) is 2.72. The molecule has 1 heteroatoms. The number of hydrogen-bond acceptors (Lipinski definition) is 1. The molecule has 0 amide bonds. The molecule has 0 atom stereocenters. The van der Waals surface area contributed by atoms with Crippen LogP contribution in [0.4, 0.5) is 5.69 Å². The molecule has 3 rings (SSSR count). The quantitative estimate of drug-likeness (QED) is 0.629. The van der Waals surface area contributed by atoms with Crippen LogP contribution in [0.25, 0.3) is 5.57 Å². The van der Waals surface area contributed by atoms with Crippen molar-refractivity contribution in [2.75, 3.05) is 5.32 Å². The van der Waals surface area contributed by atoms with E-state index in [-0.39, 0.29) is 0 Å². The first-order valence-electron chi connectivity index (χ1n) is 4.71. The zero-order valence-electron chi connectivity index (χ0n) is 7.38. The van der Waals surface area contributed by atoms with Gasteiger partial charge in [0.2, 0.25) is 0 Å². The summed E-state index contributed by atoms with van der Waals surface area (Å²) in [7, 11) is 0. The zero-order valence-corrected chi connectivity index (χ0v) is 7.38. The first-order valence-corrected chi connectivity index (χ1v) is 4.71. The molecule has 0 saturated carbocycles. The van der Waals surface area contributed by atoms with Gasteiger partial charge in [0.15, 0.2) is 0 Å². The summed E-state index contributed by atoms with van der Waals surface area (Å²) in [6.45, 7) is 0. The molecule has 1 aliphatic carbocycles. The second-order valence-corrected chi connectivity index (χ2v) is 3.52. The fraction of sp³-hybridized carbons (Fsp3) is 0.167. The maximum absolute atomic E-state index is 3.28. The Balaban J connectivity index is 2.32. The summed E-state index contributed by atoms with van der Waals surface area (Å²) < 4.78 is 0. The first-order chi connectivity index (χ1) is 6.45. The second-order valence-electron chi connectivity index (χ2n) is 3.52. The van der Waals surface area contributed by atoms with Crippen LogP contribution in [-0.2, 0) is 6.42 Å². The minimum atomic E-state index is 1.18. The van der Waals surface area contributed by atoms with Crippen LogP contribution in [0.2, 0.25) is 0 Å². The molecule has 1 aromatic rings. The van der Waals surface area contributed by atoms with Gasteiger partial charge in [-0.05, 0) is 36.1 Å². The Morgan fingerprint density at radius 3 is 3.23 bits per heavy atom. The molecule has 1 aromatic carbocycles. The van der Waals surface area contributed by atoms with E-state index in [1.54, 1.807) is 0 Å². The molecule has 0 bridgehead atoms. The van der Waals surface area contributed by atoms with E-state index in [1.165, 1.54) is 35.2 Å². The number of allylic oxidation sites excluding steroid dienone is 3. The van der Waals surface area contributed by atoms with Gasteiger partial charge in [-0.15, -0.1) is 0 Å². The summed E-state index contributed by atoms with van der Waals surface area (Å²) in [4.78, 5) is 0. The van der Waals surface area contributed by atoms with E-state index in [1.807, 2.05) is 6.20 Å². The normalized spacial score (nSPS) is 17.4. The van der Waals surface area contributed by atoms with Crippen molar-refractivity contribution < 1.29 is 0 Å². The topological polar surface area (TPSA) is 12.0 Å². The fourth-order valence-corrected chi connectivity index (χ4v) is 2.13. The SMILES string of the molecule is C1=CC2=CCCc3cccc(c32)N1. The number of hydrogen-bond donors (Lipinski definition) is 1. The summed E-state index contributed by atoms with van der Waals surface area (Å²) >= 11 is 0. The summed E-state index contributed by atoms with van der Waals surface area (Å²) in [6, 6.07) is 6.50. The largest absolute Gasteiger partial charge is 0.361 e. The van der Waals surface area contributed by atoms with Crippen LogP contribution in [0.1, 0.15) is 17.5 Å². The van der Waals surface area contributed by atoms with Gasteiger partial charge in [0, 0.05) is 17.5 Å². The van der Waals surface area contributed by atoms with Gasteiger partial charge in [0.25, 0.3) is 0 Å². The highest BCUT2D eigenvalue weighted by molar-refractivity contribution is 5.88. The molecule has 1 heterocycles. The third kappa shape index (κ3) is 0.934. The lowest BCUT2D eigenvalue weighted by molar-refractivity contribution is 0.978. The van der Waals surface area contributed by atoms with Crippen molar-refractivity contribution in [3.8, 4) is 0 Å². The molecular formula is C12H11N. The van der Waals surface area contributed by atoms with Gasteiger partial charge in [-0.25, -0.2) is 0 Å². The Morgan fingerprint density at radius 1 is 1.23 bits per heavy atom. The first kappa shape index (κ1) is 6.96. The molecule has 0 spiro atoms. The highest BCUT2D eigenvalue weighted by Gasteiger charge is 2.16. The molecule has 2 aliphatic rings. The van der Waals surface area contributed by atoms with Crippen LogP contribution < -0.4 is 5.32 Å². The molecule has 1 aliphatic heterocycles. The fourth-order valence-electron chi connectivity index (χ4n) is 2.13. The second kappa shape index (κ2) is 2.49. The molecule has 0 saturated heterocycles. The minimum absolute atomic E-state index is 1.18. The van der Waals surface area contributed by atoms with E-state index in [0.29, 0.717) is 0 Å². The van der Waals surface area contributed by atoms with Gasteiger partial charge < -0.3 is 5.32 Å². The number of nitrogens with one attached hydrogen (secondary N) is 1. The van der Waals surface area contributed by atoms with Crippen molar-refractivity contribution in [2.24, 2.45) is 0 Å². The highest BCUT2D eigenvalue weighted by Crippen LogP contribution is 2.35. The molecule has 0 radical (unpaired) electrons. The number of rotatable bonds is 0. The average Bonchev–Trinajstić information content (AvgIpc) is 2.19. The molecule has 0 fully saturated rings. The van der Waals surface area contributed by atoms with Crippen molar-refractivity contribution in [1.29, 1.82) is 0 Å². The smallest absolute Gasteiger partial charge is 0.0462 e. The molecule has 1 nitrogen and oxygen atoms in total. The molecule has 0 aromatic heterocycles. The number of aryl methyl sites for hydroxylation is 1. The maximum Gasteiger partial charge on any atom is 0.0462 e. The third-order valence-corrected chi connectivity index (χ3v) is 2.72. The number of anilines is 1. The summed E-state index contributed by atoms with van der Waals surface area (Å²) in [5.41, 5.74) is 5.53. The zero-order chi connectivity index (χ0) is 8.67. The van der Waals surface area contributed by atoms with Gasteiger partial charge in [0.1, 0.15) is 0 Å². The molecule has 1 N–H and O–H groups in total. The Labute approximate surface area is 77.8 Å². The van der Waals surface area contributed by atoms with Crippen molar-refractivity contribution in [1.82, 2.24) is 0 Å². The standard InChI is InChI=1S/C12H11N/c1-3-9-5-2-6-11-12(9)10(4-1)7-8-13-11/h2,4-8,13H,1,3H2. The van der Waals surface area contributed by atoms with Crippen LogP contribution in [0, 0.1) is 0 Å². The van der Waals surface area contributed by atoms with E-state index in [2.05, 4.69) is 35.7 Å². The van der Waals surface area contributed by atoms with Gasteiger partial charge in [-0.1, -0.05) is 18.2 Å². The lowest BCUT2D eigenvalue weighted by Crippen LogP contribution is -2.06. The summed E-state index contributed by atoms with van der Waals surface area (Å²) in [5, 5.41) is 3.28. The van der Waals surface area contributed by atoms with Crippen molar-refractivity contribution in [2.45, 2.75) is 12.8 Å². The Bertz CT molecular complexity index is 413. The molecular weight excluding hydrogens is 158 g/mol. The van der Waals surface area contributed by atoms with Crippen LogP contribution >= 0.6 is 0 Å². The lowest BCUT2D eigenvalue weighted by atomic mass is 9.88. The summed E-state index contributed by atoms with van der Waals surface area (Å²) in [5.74, 6) is 0. The van der Waals surface area contributed by atoms with Crippen molar-refractivity contribution >= 4 is 11.3 Å². The predicted molar refractivity (Wildman–Crippen MR) is 55.5 cm³/mol. The highest BCUT2D eigenvalue weighted by atomic mass is 14.9. The molecule has 64 valence electrons. The van der Waals surface area contributed by atoms with E-state index in [0.717, 1.165) is 0 Å². The van der Waals surface area contributed by atoms with Gasteiger partial charge >= 0.3 is 0 Å². The van der Waals surface area contributed by atoms with Crippen LogP contribution in [0.5, 0.6) is 0 Å². The Kier molecular flexibility index (Phi) is 1.33. The van der Waals surface area contributed by atoms with Crippen molar-refractivity contribution in [3.05, 3.63) is 47.7 Å². The van der Waals surface area contributed by atoms with Crippen LogP contribution in [0.3, 0.4) is 0 Å². The summed E-state index contributed by atoms with van der Waals surface area (Å²) in [6.07, 6.45) is 8.86. The molecule has 13 heavy (non-hydrogen) atoms. The average molecular weight is 169 g/mol. The van der Waals surface area contributed by atoms with Crippen molar-refractivity contribution in [3.63, 3.8) is 0 Å². The minimum Gasteiger partial charge on any atom is -0.361 e. The van der Waals surface area contributed by atoms with E-state index in [9.17, 15) is 0 Å². The lowest BCUT2D eigenvalue weighted by Gasteiger charge is -2.22. The van der Waals surface area contributed by atoms with E-state index >= 15 is 0 Å². The van der Waals surface area contributed by atoms with E-state index in [4.69, 9.17) is 0 Å². The van der Waals surface area contributed by atoms with Gasteiger partial charge in [0.05, 0.1) is 0 Å². The van der Waals surface area contributed by atoms with E-state index < -0.39 is 0 Å².